The summed E-state index contributed by atoms with van der Waals surface area (Å²) in [6, 6.07) is 0.922. The molecule has 0 bridgehead atoms. The minimum Gasteiger partial charge on any atom is -0.315 e. The largest absolute Gasteiger partial charge is 0.315 e. The summed E-state index contributed by atoms with van der Waals surface area (Å²) in [5.74, 6) is 1.79. The second-order valence-electron chi connectivity index (χ2n) is 6.47. The molecule has 2 nitrogen and oxygen atoms in total. The second-order valence-corrected chi connectivity index (χ2v) is 6.47. The lowest BCUT2D eigenvalue weighted by atomic mass is 10.1. The zero-order valence-electron chi connectivity index (χ0n) is 11.8. The molecule has 0 radical (unpaired) electrons. The average molecular weight is 238 g/mol. The molecule has 2 fully saturated rings. The van der Waals surface area contributed by atoms with Crippen LogP contribution in [0.5, 0.6) is 0 Å². The van der Waals surface area contributed by atoms with Gasteiger partial charge in [-0.2, -0.15) is 0 Å². The molecule has 1 N–H and O–H groups in total. The van der Waals surface area contributed by atoms with E-state index in [2.05, 4.69) is 24.1 Å². The van der Waals surface area contributed by atoms with Crippen LogP contribution in [-0.4, -0.2) is 37.1 Å². The number of nitrogens with one attached hydrogen (secondary N) is 1. The van der Waals surface area contributed by atoms with Gasteiger partial charge in [0.15, 0.2) is 0 Å². The lowest BCUT2D eigenvalue weighted by Gasteiger charge is -2.24. The topological polar surface area (TPSA) is 15.3 Å². The Morgan fingerprint density at radius 3 is 2.41 bits per heavy atom. The third-order valence-electron chi connectivity index (χ3n) is 4.15. The average Bonchev–Trinajstić information content (AvgIpc) is 3.00. The van der Waals surface area contributed by atoms with Crippen molar-refractivity contribution in [2.45, 2.75) is 58.4 Å². The van der Waals surface area contributed by atoms with Gasteiger partial charge in [0.05, 0.1) is 0 Å². The maximum Gasteiger partial charge on any atom is 0.0110 e. The third kappa shape index (κ3) is 4.97. The summed E-state index contributed by atoms with van der Waals surface area (Å²) in [7, 11) is 0. The van der Waals surface area contributed by atoms with Crippen LogP contribution in [-0.2, 0) is 0 Å². The van der Waals surface area contributed by atoms with Crippen LogP contribution in [0.25, 0.3) is 0 Å². The fourth-order valence-corrected chi connectivity index (χ4v) is 3.07. The first-order valence-electron chi connectivity index (χ1n) is 7.70. The smallest absolute Gasteiger partial charge is 0.0110 e. The molecular weight excluding hydrogens is 208 g/mol. The molecule has 100 valence electrons. The summed E-state index contributed by atoms with van der Waals surface area (Å²) in [6.45, 7) is 9.67. The Labute approximate surface area is 107 Å². The number of hydrogen-bond acceptors (Lipinski definition) is 2. The van der Waals surface area contributed by atoms with E-state index in [1.54, 1.807) is 0 Å². The first-order chi connectivity index (χ1) is 8.25. The van der Waals surface area contributed by atoms with Gasteiger partial charge in [0, 0.05) is 25.7 Å². The molecule has 2 aliphatic carbocycles. The third-order valence-corrected chi connectivity index (χ3v) is 4.15. The highest BCUT2D eigenvalue weighted by Crippen LogP contribution is 2.27. The summed E-state index contributed by atoms with van der Waals surface area (Å²) in [6.07, 6.45) is 8.74. The summed E-state index contributed by atoms with van der Waals surface area (Å²) in [5.41, 5.74) is 0. The van der Waals surface area contributed by atoms with Crippen molar-refractivity contribution in [3.63, 3.8) is 0 Å². The highest BCUT2D eigenvalue weighted by Gasteiger charge is 2.28. The van der Waals surface area contributed by atoms with Gasteiger partial charge in [-0.3, -0.25) is 4.90 Å². The Morgan fingerprint density at radius 2 is 1.82 bits per heavy atom. The van der Waals surface area contributed by atoms with Gasteiger partial charge in [-0.1, -0.05) is 26.7 Å². The van der Waals surface area contributed by atoms with E-state index >= 15 is 0 Å². The molecule has 2 heteroatoms. The van der Waals surface area contributed by atoms with Gasteiger partial charge in [-0.15, -0.1) is 0 Å². The Balaban J connectivity index is 1.55. The zero-order chi connectivity index (χ0) is 12.1. The van der Waals surface area contributed by atoms with Gasteiger partial charge in [-0.25, -0.2) is 0 Å². The molecule has 0 spiro atoms. The quantitative estimate of drug-likeness (QED) is 0.654. The fraction of sp³-hybridized carbons (Fsp3) is 1.00. The van der Waals surface area contributed by atoms with Crippen LogP contribution in [0.4, 0.5) is 0 Å². The van der Waals surface area contributed by atoms with Crippen molar-refractivity contribution < 1.29 is 0 Å². The first kappa shape index (κ1) is 13.4. The van der Waals surface area contributed by atoms with Crippen LogP contribution in [0.1, 0.15) is 52.4 Å². The minimum atomic E-state index is 0.811. The molecule has 0 unspecified atom stereocenters. The SMILES string of the molecule is CC(C)CN(CCNCC1CCCC1)C1CC1. The van der Waals surface area contributed by atoms with Crippen LogP contribution < -0.4 is 5.32 Å². The van der Waals surface area contributed by atoms with E-state index in [0.29, 0.717) is 0 Å². The van der Waals surface area contributed by atoms with Gasteiger partial charge in [-0.05, 0) is 44.1 Å². The Hall–Kier alpha value is -0.0800. The van der Waals surface area contributed by atoms with E-state index in [9.17, 15) is 0 Å². The Bertz CT molecular complexity index is 205. The normalized spacial score (nSPS) is 21.9. The maximum atomic E-state index is 3.67. The van der Waals surface area contributed by atoms with E-state index in [1.807, 2.05) is 0 Å². The summed E-state index contributed by atoms with van der Waals surface area (Å²) >= 11 is 0. The van der Waals surface area contributed by atoms with Crippen molar-refractivity contribution in [3.8, 4) is 0 Å². The predicted molar refractivity (Wildman–Crippen MR) is 74.3 cm³/mol. The van der Waals surface area contributed by atoms with Gasteiger partial charge < -0.3 is 5.32 Å². The molecule has 0 amide bonds. The predicted octanol–water partition coefficient (Wildman–Crippen LogP) is 2.89. The highest BCUT2D eigenvalue weighted by molar-refractivity contribution is 4.85. The number of nitrogens with zero attached hydrogens (tertiary/aromatic N) is 1. The molecule has 0 heterocycles. The number of hydrogen-bond donors (Lipinski definition) is 1. The van der Waals surface area contributed by atoms with Gasteiger partial charge in [0.2, 0.25) is 0 Å². The summed E-state index contributed by atoms with van der Waals surface area (Å²) < 4.78 is 0. The van der Waals surface area contributed by atoms with Crippen molar-refractivity contribution in [1.82, 2.24) is 10.2 Å². The molecule has 17 heavy (non-hydrogen) atoms. The van der Waals surface area contributed by atoms with Gasteiger partial charge in [0.25, 0.3) is 0 Å². The molecule has 0 aromatic heterocycles. The molecule has 0 aromatic carbocycles. The van der Waals surface area contributed by atoms with Crippen molar-refractivity contribution in [1.29, 1.82) is 0 Å². The molecule has 2 rings (SSSR count). The molecular formula is C15H30N2. The van der Waals surface area contributed by atoms with Crippen LogP contribution in [0.2, 0.25) is 0 Å². The molecule has 0 atom stereocenters. The molecule has 0 saturated heterocycles. The van der Waals surface area contributed by atoms with E-state index in [0.717, 1.165) is 17.9 Å². The van der Waals surface area contributed by atoms with E-state index < -0.39 is 0 Å². The lowest BCUT2D eigenvalue weighted by molar-refractivity contribution is 0.233. The molecule has 0 aliphatic heterocycles. The van der Waals surface area contributed by atoms with Crippen molar-refractivity contribution >= 4 is 0 Å². The van der Waals surface area contributed by atoms with Gasteiger partial charge >= 0.3 is 0 Å². The molecule has 0 aromatic rings. The monoisotopic (exact) mass is 238 g/mol. The van der Waals surface area contributed by atoms with E-state index in [4.69, 9.17) is 0 Å². The minimum absolute atomic E-state index is 0.811. The van der Waals surface area contributed by atoms with Gasteiger partial charge in [0.1, 0.15) is 0 Å². The standard InChI is InChI=1S/C15H30N2/c1-13(2)12-17(15-7-8-15)10-9-16-11-14-5-3-4-6-14/h13-16H,3-12H2,1-2H3. The lowest BCUT2D eigenvalue weighted by Crippen LogP contribution is -2.37. The van der Waals surface area contributed by atoms with Crippen LogP contribution in [0.15, 0.2) is 0 Å². The van der Waals surface area contributed by atoms with Crippen LogP contribution in [0, 0.1) is 11.8 Å². The number of rotatable bonds is 8. The van der Waals surface area contributed by atoms with Crippen LogP contribution >= 0.6 is 0 Å². The van der Waals surface area contributed by atoms with Crippen LogP contribution in [0.3, 0.4) is 0 Å². The fourth-order valence-electron chi connectivity index (χ4n) is 3.07. The van der Waals surface area contributed by atoms with E-state index in [1.165, 1.54) is 64.7 Å². The van der Waals surface area contributed by atoms with Crippen molar-refractivity contribution in [2.75, 3.05) is 26.2 Å². The zero-order valence-corrected chi connectivity index (χ0v) is 11.8. The summed E-state index contributed by atoms with van der Waals surface area (Å²) in [5, 5.41) is 3.67. The van der Waals surface area contributed by atoms with Crippen molar-refractivity contribution in [3.05, 3.63) is 0 Å². The maximum absolute atomic E-state index is 3.67. The highest BCUT2D eigenvalue weighted by atomic mass is 15.2. The van der Waals surface area contributed by atoms with E-state index in [-0.39, 0.29) is 0 Å². The Kier molecular flexibility index (Phi) is 5.30. The second kappa shape index (κ2) is 6.75. The first-order valence-corrected chi connectivity index (χ1v) is 7.70. The Morgan fingerprint density at radius 1 is 1.12 bits per heavy atom. The summed E-state index contributed by atoms with van der Waals surface area (Å²) in [4.78, 5) is 2.70. The van der Waals surface area contributed by atoms with Crippen molar-refractivity contribution in [2.24, 2.45) is 11.8 Å². The molecule has 2 aliphatic rings. The molecule has 2 saturated carbocycles.